The summed E-state index contributed by atoms with van der Waals surface area (Å²) in [4.78, 5) is 22.5. The van der Waals surface area contributed by atoms with Gasteiger partial charge in [0.2, 0.25) is 5.69 Å². The van der Waals surface area contributed by atoms with Crippen molar-refractivity contribution < 1.29 is 14.7 Å². The van der Waals surface area contributed by atoms with Gasteiger partial charge in [0.1, 0.15) is 0 Å². The van der Waals surface area contributed by atoms with Crippen molar-refractivity contribution in [3.63, 3.8) is 0 Å². The molecule has 0 saturated heterocycles. The monoisotopic (exact) mass is 278 g/mol. The maximum Gasteiger partial charge on any atom is 0.359 e. The van der Waals surface area contributed by atoms with Crippen LogP contribution in [0.1, 0.15) is 16.1 Å². The molecule has 0 aliphatic heterocycles. The first-order valence-electron chi connectivity index (χ1n) is 5.26. The lowest BCUT2D eigenvalue weighted by Crippen LogP contribution is -2.20. The van der Waals surface area contributed by atoms with Crippen molar-refractivity contribution in [2.24, 2.45) is 0 Å². The molecular weight excluding hydrogens is 268 g/mol. The Kier molecular flexibility index (Phi) is 3.71. The molecular formula is C11H10N4O3S. The van der Waals surface area contributed by atoms with Gasteiger partial charge in [-0.15, -0.1) is 5.10 Å². The average Bonchev–Trinajstić information content (AvgIpc) is 2.80. The number of rotatable bonds is 3. The summed E-state index contributed by atoms with van der Waals surface area (Å²) in [6.07, 6.45) is 0. The van der Waals surface area contributed by atoms with Gasteiger partial charge >= 0.3 is 12.0 Å². The summed E-state index contributed by atoms with van der Waals surface area (Å²) in [5, 5.41) is 17.3. The van der Waals surface area contributed by atoms with Gasteiger partial charge in [-0.2, -0.15) is 0 Å². The molecule has 1 aromatic carbocycles. The second-order valence-electron chi connectivity index (χ2n) is 3.70. The third-order valence-corrected chi connectivity index (χ3v) is 2.87. The largest absolute Gasteiger partial charge is 0.476 e. The first-order valence-corrected chi connectivity index (χ1v) is 6.04. The summed E-state index contributed by atoms with van der Waals surface area (Å²) in [6, 6.07) is 6.66. The molecule has 2 rings (SSSR count). The lowest BCUT2D eigenvalue weighted by Gasteiger charge is -2.06. The fraction of sp³-hybridized carbons (Fsp3) is 0.0909. The van der Waals surface area contributed by atoms with Crippen LogP contribution in [0.3, 0.4) is 0 Å². The quantitative estimate of drug-likeness (QED) is 0.798. The van der Waals surface area contributed by atoms with E-state index in [1.807, 2.05) is 19.1 Å². The van der Waals surface area contributed by atoms with Gasteiger partial charge in [0, 0.05) is 17.2 Å². The molecule has 0 unspecified atom stereocenters. The van der Waals surface area contributed by atoms with E-state index in [1.165, 1.54) is 0 Å². The highest BCUT2D eigenvalue weighted by Gasteiger charge is 2.17. The van der Waals surface area contributed by atoms with Crippen molar-refractivity contribution in [2.75, 3.05) is 10.6 Å². The number of carboxylic acids is 1. The molecule has 7 nitrogen and oxygen atoms in total. The zero-order chi connectivity index (χ0) is 13.8. The maximum atomic E-state index is 11.7. The summed E-state index contributed by atoms with van der Waals surface area (Å²) in [6.45, 7) is 1.94. The highest BCUT2D eigenvalue weighted by molar-refractivity contribution is 7.10. The second-order valence-corrected chi connectivity index (χ2v) is 4.46. The van der Waals surface area contributed by atoms with Crippen LogP contribution in [-0.2, 0) is 0 Å². The van der Waals surface area contributed by atoms with Gasteiger partial charge < -0.3 is 10.4 Å². The summed E-state index contributed by atoms with van der Waals surface area (Å²) in [5.41, 5.74) is 1.41. The SMILES string of the molecule is Cc1ccc(NC(=O)Nc2snnc2C(=O)O)cc1. The van der Waals surface area contributed by atoms with Crippen LogP contribution in [0, 0.1) is 6.92 Å². The standard InChI is InChI=1S/C11H10N4O3S/c1-6-2-4-7(5-3-6)12-11(18)13-9-8(10(16)17)14-15-19-9/h2-5H,1H3,(H,16,17)(H2,12,13,18). The van der Waals surface area contributed by atoms with E-state index in [4.69, 9.17) is 5.11 Å². The Labute approximate surface area is 112 Å². The maximum absolute atomic E-state index is 11.7. The number of urea groups is 1. The molecule has 1 heterocycles. The van der Waals surface area contributed by atoms with E-state index in [2.05, 4.69) is 20.2 Å². The molecule has 0 bridgehead atoms. The topological polar surface area (TPSA) is 104 Å². The van der Waals surface area contributed by atoms with Crippen LogP contribution < -0.4 is 10.6 Å². The van der Waals surface area contributed by atoms with Gasteiger partial charge in [-0.05, 0) is 19.1 Å². The molecule has 0 aliphatic rings. The van der Waals surface area contributed by atoms with Crippen LogP contribution in [0.25, 0.3) is 0 Å². The van der Waals surface area contributed by atoms with Crippen LogP contribution in [0.2, 0.25) is 0 Å². The van der Waals surface area contributed by atoms with Crippen molar-refractivity contribution in [3.05, 3.63) is 35.5 Å². The Balaban J connectivity index is 2.03. The lowest BCUT2D eigenvalue weighted by molar-refractivity contribution is 0.0691. The fourth-order valence-corrected chi connectivity index (χ4v) is 1.87. The van der Waals surface area contributed by atoms with Crippen molar-refractivity contribution in [1.29, 1.82) is 0 Å². The molecule has 2 aromatic rings. The molecule has 0 fully saturated rings. The molecule has 8 heteroatoms. The Morgan fingerprint density at radius 1 is 1.21 bits per heavy atom. The Morgan fingerprint density at radius 3 is 2.53 bits per heavy atom. The number of anilines is 2. The number of aryl methyl sites for hydroxylation is 1. The summed E-state index contributed by atoms with van der Waals surface area (Å²) >= 11 is 0.805. The molecule has 2 amide bonds. The van der Waals surface area contributed by atoms with Gasteiger partial charge in [0.15, 0.2) is 5.00 Å². The number of aromatic nitrogens is 2. The molecule has 0 aliphatic carbocycles. The highest BCUT2D eigenvalue weighted by Crippen LogP contribution is 2.18. The lowest BCUT2D eigenvalue weighted by atomic mass is 10.2. The van der Waals surface area contributed by atoms with E-state index in [9.17, 15) is 9.59 Å². The zero-order valence-electron chi connectivity index (χ0n) is 9.88. The minimum atomic E-state index is -1.24. The van der Waals surface area contributed by atoms with Crippen molar-refractivity contribution in [1.82, 2.24) is 9.59 Å². The van der Waals surface area contributed by atoms with Gasteiger partial charge in [0.05, 0.1) is 0 Å². The number of hydrogen-bond donors (Lipinski definition) is 3. The van der Waals surface area contributed by atoms with Gasteiger partial charge in [-0.25, -0.2) is 9.59 Å². The molecule has 3 N–H and O–H groups in total. The minimum Gasteiger partial charge on any atom is -0.476 e. The molecule has 0 spiro atoms. The number of amides is 2. The molecule has 0 radical (unpaired) electrons. The number of carbonyl (C=O) groups excluding carboxylic acids is 1. The Hall–Kier alpha value is -2.48. The van der Waals surface area contributed by atoms with Gasteiger partial charge in [-0.1, -0.05) is 22.2 Å². The molecule has 19 heavy (non-hydrogen) atoms. The second kappa shape index (κ2) is 5.44. The van der Waals surface area contributed by atoms with E-state index in [0.717, 1.165) is 17.1 Å². The predicted octanol–water partition coefficient (Wildman–Crippen LogP) is 2.19. The van der Waals surface area contributed by atoms with Crippen LogP contribution >= 0.6 is 11.5 Å². The number of benzene rings is 1. The van der Waals surface area contributed by atoms with E-state index in [1.54, 1.807) is 12.1 Å². The zero-order valence-corrected chi connectivity index (χ0v) is 10.7. The summed E-state index contributed by atoms with van der Waals surface area (Å²) in [5.74, 6) is -1.24. The minimum absolute atomic E-state index is 0.0945. The van der Waals surface area contributed by atoms with E-state index in [-0.39, 0.29) is 10.7 Å². The first-order chi connectivity index (χ1) is 9.06. The summed E-state index contributed by atoms with van der Waals surface area (Å²) in [7, 11) is 0. The number of nitrogens with zero attached hydrogens (tertiary/aromatic N) is 2. The molecule has 98 valence electrons. The van der Waals surface area contributed by atoms with E-state index >= 15 is 0 Å². The number of carbonyl (C=O) groups is 2. The Morgan fingerprint density at radius 2 is 1.89 bits per heavy atom. The van der Waals surface area contributed by atoms with Gasteiger partial charge in [0.25, 0.3) is 0 Å². The third-order valence-electron chi connectivity index (χ3n) is 2.23. The molecule has 1 aromatic heterocycles. The van der Waals surface area contributed by atoms with E-state index in [0.29, 0.717) is 5.69 Å². The number of carboxylic acid groups (broad SMARTS) is 1. The highest BCUT2D eigenvalue weighted by atomic mass is 32.1. The van der Waals surface area contributed by atoms with Crippen LogP contribution in [0.4, 0.5) is 15.5 Å². The number of hydrogen-bond acceptors (Lipinski definition) is 5. The molecule has 0 saturated carbocycles. The van der Waals surface area contributed by atoms with Crippen molar-refractivity contribution in [3.8, 4) is 0 Å². The molecule has 0 atom stereocenters. The van der Waals surface area contributed by atoms with E-state index < -0.39 is 12.0 Å². The number of nitrogens with one attached hydrogen (secondary N) is 2. The normalized spacial score (nSPS) is 9.95. The third kappa shape index (κ3) is 3.26. The van der Waals surface area contributed by atoms with Crippen LogP contribution in [-0.4, -0.2) is 26.7 Å². The van der Waals surface area contributed by atoms with Crippen molar-refractivity contribution >= 4 is 34.2 Å². The van der Waals surface area contributed by atoms with Crippen LogP contribution in [0.15, 0.2) is 24.3 Å². The summed E-state index contributed by atoms with van der Waals surface area (Å²) < 4.78 is 3.48. The van der Waals surface area contributed by atoms with Gasteiger partial charge in [-0.3, -0.25) is 5.32 Å². The fourth-order valence-electron chi connectivity index (χ4n) is 1.31. The first kappa shape index (κ1) is 13.0. The average molecular weight is 278 g/mol. The Bertz CT molecular complexity index is 609. The predicted molar refractivity (Wildman–Crippen MR) is 70.7 cm³/mol. The van der Waals surface area contributed by atoms with Crippen LogP contribution in [0.5, 0.6) is 0 Å². The van der Waals surface area contributed by atoms with Crippen molar-refractivity contribution in [2.45, 2.75) is 6.92 Å². The smallest absolute Gasteiger partial charge is 0.359 e. The number of aromatic carboxylic acids is 1.